The first kappa shape index (κ1) is 16.7. The van der Waals surface area contributed by atoms with Crippen LogP contribution in [0.3, 0.4) is 0 Å². The van der Waals surface area contributed by atoms with Crippen LogP contribution in [0.1, 0.15) is 46.0 Å². The van der Waals surface area contributed by atoms with E-state index < -0.39 is 0 Å². The summed E-state index contributed by atoms with van der Waals surface area (Å²) in [5, 5.41) is 13.2. The van der Waals surface area contributed by atoms with Gasteiger partial charge in [0.2, 0.25) is 0 Å². The molecule has 2 rings (SSSR count). The number of hydrogen-bond donors (Lipinski definition) is 1. The van der Waals surface area contributed by atoms with Gasteiger partial charge >= 0.3 is 0 Å². The Morgan fingerprint density at radius 2 is 1.90 bits per heavy atom. The zero-order chi connectivity index (χ0) is 15.1. The van der Waals surface area contributed by atoms with Gasteiger partial charge < -0.3 is 9.80 Å². The summed E-state index contributed by atoms with van der Waals surface area (Å²) in [5.74, 6) is 0.540. The van der Waals surface area contributed by atoms with Gasteiger partial charge in [0.25, 0.3) is 0 Å². The van der Waals surface area contributed by atoms with Crippen molar-refractivity contribution in [3.8, 4) is 6.07 Å². The summed E-state index contributed by atoms with van der Waals surface area (Å²) in [4.78, 5) is 5.11. The average molecular weight is 292 g/mol. The summed E-state index contributed by atoms with van der Waals surface area (Å²) in [6.45, 7) is 12.5. The SMILES string of the molecule is CCCNC1(C#N)CCCC1CCN1CCN(CC)CC1. The Labute approximate surface area is 130 Å². The van der Waals surface area contributed by atoms with E-state index in [9.17, 15) is 5.26 Å². The minimum Gasteiger partial charge on any atom is -0.301 e. The number of nitrogens with one attached hydrogen (secondary N) is 1. The molecule has 4 heteroatoms. The van der Waals surface area contributed by atoms with E-state index in [0.717, 1.165) is 19.4 Å². The van der Waals surface area contributed by atoms with Crippen LogP contribution in [0, 0.1) is 17.2 Å². The van der Waals surface area contributed by atoms with Crippen LogP contribution in [0.5, 0.6) is 0 Å². The largest absolute Gasteiger partial charge is 0.301 e. The maximum atomic E-state index is 9.68. The Morgan fingerprint density at radius 1 is 1.19 bits per heavy atom. The number of nitrogens with zero attached hydrogens (tertiary/aromatic N) is 3. The summed E-state index contributed by atoms with van der Waals surface area (Å²) >= 11 is 0. The van der Waals surface area contributed by atoms with Crippen molar-refractivity contribution in [1.82, 2.24) is 15.1 Å². The second-order valence-corrected chi connectivity index (χ2v) is 6.66. The van der Waals surface area contributed by atoms with Crippen LogP contribution in [0.25, 0.3) is 0 Å². The van der Waals surface area contributed by atoms with Crippen molar-refractivity contribution < 1.29 is 0 Å². The van der Waals surface area contributed by atoms with Gasteiger partial charge in [0.1, 0.15) is 5.54 Å². The summed E-state index contributed by atoms with van der Waals surface area (Å²) in [5.41, 5.74) is -0.235. The molecule has 2 aliphatic rings. The molecule has 1 aliphatic heterocycles. The maximum Gasteiger partial charge on any atom is 0.109 e. The molecule has 0 amide bonds. The Balaban J connectivity index is 1.80. The van der Waals surface area contributed by atoms with Gasteiger partial charge in [-0.2, -0.15) is 5.26 Å². The van der Waals surface area contributed by atoms with Gasteiger partial charge in [-0.3, -0.25) is 5.32 Å². The fraction of sp³-hybridized carbons (Fsp3) is 0.941. The fourth-order valence-corrected chi connectivity index (χ4v) is 3.90. The molecule has 2 unspecified atom stereocenters. The molecule has 4 nitrogen and oxygen atoms in total. The molecule has 2 atom stereocenters. The first-order valence-corrected chi connectivity index (χ1v) is 8.85. The van der Waals surface area contributed by atoms with Gasteiger partial charge in [-0.15, -0.1) is 0 Å². The molecule has 1 heterocycles. The molecule has 0 aromatic carbocycles. The van der Waals surface area contributed by atoms with E-state index in [1.807, 2.05) is 0 Å². The van der Waals surface area contributed by atoms with Crippen LogP contribution in [0.15, 0.2) is 0 Å². The third kappa shape index (κ3) is 4.18. The number of piperazine rings is 1. The van der Waals surface area contributed by atoms with Crippen LogP contribution in [-0.4, -0.2) is 61.2 Å². The predicted octanol–water partition coefficient (Wildman–Crippen LogP) is 2.08. The van der Waals surface area contributed by atoms with Gasteiger partial charge in [-0.25, -0.2) is 0 Å². The lowest BCUT2D eigenvalue weighted by Crippen LogP contribution is -2.50. The lowest BCUT2D eigenvalue weighted by molar-refractivity contribution is 0.126. The van der Waals surface area contributed by atoms with E-state index in [2.05, 4.69) is 35.0 Å². The molecule has 1 N–H and O–H groups in total. The topological polar surface area (TPSA) is 42.3 Å². The number of rotatable bonds is 7. The molecule has 0 spiro atoms. The molecule has 1 saturated heterocycles. The van der Waals surface area contributed by atoms with E-state index in [1.165, 1.54) is 58.5 Å². The first-order chi connectivity index (χ1) is 10.2. The van der Waals surface area contributed by atoms with Crippen molar-refractivity contribution in [3.05, 3.63) is 0 Å². The molecular weight excluding hydrogens is 260 g/mol. The van der Waals surface area contributed by atoms with Gasteiger partial charge in [0.05, 0.1) is 6.07 Å². The molecular formula is C17H32N4. The van der Waals surface area contributed by atoms with Crippen LogP contribution < -0.4 is 5.32 Å². The highest BCUT2D eigenvalue weighted by Gasteiger charge is 2.42. The molecule has 0 aromatic rings. The highest BCUT2D eigenvalue weighted by atomic mass is 15.3. The molecule has 2 fully saturated rings. The lowest BCUT2D eigenvalue weighted by Gasteiger charge is -2.36. The Bertz CT molecular complexity index is 343. The molecule has 0 aromatic heterocycles. The van der Waals surface area contributed by atoms with Gasteiger partial charge in [-0.05, 0) is 51.2 Å². The van der Waals surface area contributed by atoms with E-state index in [-0.39, 0.29) is 5.54 Å². The Hall–Kier alpha value is -0.630. The third-order valence-corrected chi connectivity index (χ3v) is 5.42. The zero-order valence-electron chi connectivity index (χ0n) is 13.9. The highest BCUT2D eigenvalue weighted by Crippen LogP contribution is 2.37. The smallest absolute Gasteiger partial charge is 0.109 e. The molecule has 21 heavy (non-hydrogen) atoms. The Kier molecular flexibility index (Phi) is 6.47. The zero-order valence-corrected chi connectivity index (χ0v) is 13.9. The van der Waals surface area contributed by atoms with Crippen molar-refractivity contribution >= 4 is 0 Å². The molecule has 1 saturated carbocycles. The first-order valence-electron chi connectivity index (χ1n) is 8.85. The number of nitriles is 1. The van der Waals surface area contributed by atoms with Crippen molar-refractivity contribution in [2.24, 2.45) is 5.92 Å². The third-order valence-electron chi connectivity index (χ3n) is 5.42. The number of likely N-dealkylation sites (N-methyl/N-ethyl adjacent to an activating group) is 1. The quantitative estimate of drug-likeness (QED) is 0.780. The lowest BCUT2D eigenvalue weighted by atomic mass is 9.85. The van der Waals surface area contributed by atoms with E-state index in [0.29, 0.717) is 5.92 Å². The highest BCUT2D eigenvalue weighted by molar-refractivity contribution is 5.14. The van der Waals surface area contributed by atoms with Gasteiger partial charge in [-0.1, -0.05) is 20.3 Å². The maximum absolute atomic E-state index is 9.68. The Morgan fingerprint density at radius 3 is 2.52 bits per heavy atom. The second-order valence-electron chi connectivity index (χ2n) is 6.66. The van der Waals surface area contributed by atoms with Crippen LogP contribution >= 0.6 is 0 Å². The summed E-state index contributed by atoms with van der Waals surface area (Å²) in [6, 6.07) is 2.63. The standard InChI is InChI=1S/C17H32N4/c1-3-9-19-17(15-18)8-5-6-16(17)7-10-21-13-11-20(4-2)12-14-21/h16,19H,3-14H2,1-2H3. The molecule has 0 radical (unpaired) electrons. The molecule has 120 valence electrons. The van der Waals surface area contributed by atoms with Crippen molar-refractivity contribution in [2.75, 3.05) is 45.8 Å². The number of hydrogen-bond acceptors (Lipinski definition) is 4. The molecule has 1 aliphatic carbocycles. The summed E-state index contributed by atoms with van der Waals surface area (Å²) in [6.07, 6.45) is 5.75. The monoisotopic (exact) mass is 292 g/mol. The summed E-state index contributed by atoms with van der Waals surface area (Å²) < 4.78 is 0. The van der Waals surface area contributed by atoms with Crippen LogP contribution in [-0.2, 0) is 0 Å². The average Bonchev–Trinajstić information content (AvgIpc) is 2.94. The summed E-state index contributed by atoms with van der Waals surface area (Å²) in [7, 11) is 0. The predicted molar refractivity (Wildman–Crippen MR) is 87.1 cm³/mol. The fourth-order valence-electron chi connectivity index (χ4n) is 3.90. The minimum absolute atomic E-state index is 0.235. The molecule has 0 bridgehead atoms. The van der Waals surface area contributed by atoms with Crippen molar-refractivity contribution in [2.45, 2.75) is 51.5 Å². The van der Waals surface area contributed by atoms with Crippen LogP contribution in [0.2, 0.25) is 0 Å². The van der Waals surface area contributed by atoms with Gasteiger partial charge in [0.15, 0.2) is 0 Å². The normalized spacial score (nSPS) is 31.4. The van der Waals surface area contributed by atoms with Crippen molar-refractivity contribution in [1.29, 1.82) is 5.26 Å². The second kappa shape index (κ2) is 8.12. The van der Waals surface area contributed by atoms with Crippen LogP contribution in [0.4, 0.5) is 0 Å². The van der Waals surface area contributed by atoms with E-state index in [4.69, 9.17) is 0 Å². The van der Waals surface area contributed by atoms with E-state index >= 15 is 0 Å². The van der Waals surface area contributed by atoms with Gasteiger partial charge in [0, 0.05) is 26.2 Å². The van der Waals surface area contributed by atoms with E-state index in [1.54, 1.807) is 0 Å². The minimum atomic E-state index is -0.235. The van der Waals surface area contributed by atoms with Crippen molar-refractivity contribution in [3.63, 3.8) is 0 Å².